The van der Waals surface area contributed by atoms with E-state index in [1.165, 1.54) is 29.8 Å². The maximum atomic E-state index is 6.59. The fourth-order valence-electron chi connectivity index (χ4n) is 5.51. The van der Waals surface area contributed by atoms with E-state index in [0.717, 1.165) is 81.0 Å². The van der Waals surface area contributed by atoms with Gasteiger partial charge >= 0.3 is 0 Å². The number of morpholine rings is 1. The molecule has 2 fully saturated rings. The van der Waals surface area contributed by atoms with Gasteiger partial charge in [0.15, 0.2) is 0 Å². The van der Waals surface area contributed by atoms with Crippen LogP contribution in [-0.2, 0) is 17.6 Å². The van der Waals surface area contributed by atoms with Crippen LogP contribution in [0.4, 0.5) is 11.4 Å². The van der Waals surface area contributed by atoms with Crippen LogP contribution in [-0.4, -0.2) is 53.9 Å². The predicted molar refractivity (Wildman–Crippen MR) is 129 cm³/mol. The fraction of sp³-hybridized carbons (Fsp3) is 0.500. The molecule has 7 nitrogen and oxygen atoms in total. The summed E-state index contributed by atoms with van der Waals surface area (Å²) >= 11 is 0. The molecule has 1 saturated heterocycles. The van der Waals surface area contributed by atoms with Crippen molar-refractivity contribution in [2.24, 2.45) is 5.92 Å². The summed E-state index contributed by atoms with van der Waals surface area (Å²) in [5.41, 5.74) is 6.90. The molecule has 1 aromatic carbocycles. The van der Waals surface area contributed by atoms with Gasteiger partial charge in [0.05, 0.1) is 24.8 Å². The highest BCUT2D eigenvalue weighted by Gasteiger charge is 2.26. The molecule has 0 unspecified atom stereocenters. The van der Waals surface area contributed by atoms with Crippen molar-refractivity contribution in [3.05, 3.63) is 48.0 Å². The van der Waals surface area contributed by atoms with Crippen molar-refractivity contribution in [2.45, 2.75) is 44.6 Å². The summed E-state index contributed by atoms with van der Waals surface area (Å²) in [6.45, 7) is 4.34. The lowest BCUT2D eigenvalue weighted by atomic mass is 9.83. The normalized spacial score (nSPS) is 22.7. The number of benzene rings is 1. The standard InChI is InChI=1S/C26H31N5O2/c1-3-20(4-2-18(1)15-23-21-5-7-27-22(21)6-8-28-23)33-25-17-19(31-11-13-32-14-12-31)16-24-26(25)30-10-9-29-24/h6,8-10,16-18,20,27H,1-5,7,11-15H2. The van der Waals surface area contributed by atoms with Crippen LogP contribution in [0.25, 0.3) is 11.0 Å². The van der Waals surface area contributed by atoms with Crippen LogP contribution in [0, 0.1) is 5.92 Å². The van der Waals surface area contributed by atoms with E-state index >= 15 is 0 Å². The molecule has 7 heteroatoms. The van der Waals surface area contributed by atoms with E-state index in [1.54, 1.807) is 12.4 Å². The van der Waals surface area contributed by atoms with Crippen molar-refractivity contribution < 1.29 is 9.47 Å². The molecule has 0 radical (unpaired) electrons. The topological polar surface area (TPSA) is 72.4 Å². The van der Waals surface area contributed by atoms with Crippen LogP contribution >= 0.6 is 0 Å². The summed E-state index contributed by atoms with van der Waals surface area (Å²) in [5, 5.41) is 3.47. The Morgan fingerprint density at radius 2 is 1.85 bits per heavy atom. The second-order valence-corrected chi connectivity index (χ2v) is 9.39. The molecule has 1 N–H and O–H groups in total. The van der Waals surface area contributed by atoms with Gasteiger partial charge < -0.3 is 19.7 Å². The number of nitrogens with one attached hydrogen (secondary N) is 1. The van der Waals surface area contributed by atoms with Gasteiger partial charge in [0.1, 0.15) is 11.3 Å². The van der Waals surface area contributed by atoms with Crippen molar-refractivity contribution >= 4 is 22.4 Å². The summed E-state index contributed by atoms with van der Waals surface area (Å²) in [5.74, 6) is 1.54. The van der Waals surface area contributed by atoms with Gasteiger partial charge in [0.25, 0.3) is 0 Å². The molecule has 1 saturated carbocycles. The highest BCUT2D eigenvalue weighted by atomic mass is 16.5. The van der Waals surface area contributed by atoms with Crippen LogP contribution < -0.4 is 15.0 Å². The van der Waals surface area contributed by atoms with E-state index in [0.29, 0.717) is 5.92 Å². The molecular formula is C26H31N5O2. The minimum Gasteiger partial charge on any atom is -0.488 e. The smallest absolute Gasteiger partial charge is 0.149 e. The SMILES string of the molecule is c1cc2c(c(CC3CCC(Oc4cc(N5CCOCC5)cc5nccnc45)CC3)n1)CCN2. The molecule has 6 rings (SSSR count). The van der Waals surface area contributed by atoms with Crippen LogP contribution in [0.5, 0.6) is 5.75 Å². The zero-order valence-corrected chi connectivity index (χ0v) is 19.0. The van der Waals surface area contributed by atoms with Crippen LogP contribution in [0.2, 0.25) is 0 Å². The van der Waals surface area contributed by atoms with E-state index in [-0.39, 0.29) is 6.10 Å². The number of hydrogen-bond donors (Lipinski definition) is 1. The van der Waals surface area contributed by atoms with Gasteiger partial charge in [-0.3, -0.25) is 9.97 Å². The molecule has 3 aliphatic rings. The van der Waals surface area contributed by atoms with Crippen LogP contribution in [0.15, 0.2) is 36.8 Å². The van der Waals surface area contributed by atoms with Crippen molar-refractivity contribution in [3.8, 4) is 5.75 Å². The van der Waals surface area contributed by atoms with Crippen molar-refractivity contribution in [1.29, 1.82) is 0 Å². The minimum absolute atomic E-state index is 0.225. The fourth-order valence-corrected chi connectivity index (χ4v) is 5.51. The second kappa shape index (κ2) is 9.14. The molecule has 33 heavy (non-hydrogen) atoms. The molecule has 0 bridgehead atoms. The van der Waals surface area contributed by atoms with Gasteiger partial charge in [-0.15, -0.1) is 0 Å². The lowest BCUT2D eigenvalue weighted by Crippen LogP contribution is -2.36. The average Bonchev–Trinajstić information content (AvgIpc) is 3.36. The van der Waals surface area contributed by atoms with Gasteiger partial charge in [-0.1, -0.05) is 0 Å². The molecule has 0 spiro atoms. The number of pyridine rings is 1. The largest absolute Gasteiger partial charge is 0.488 e. The molecule has 0 atom stereocenters. The van der Waals surface area contributed by atoms with E-state index in [4.69, 9.17) is 14.5 Å². The van der Waals surface area contributed by atoms with Gasteiger partial charge in [-0.25, -0.2) is 4.98 Å². The number of rotatable bonds is 5. The third-order valence-electron chi connectivity index (χ3n) is 7.30. The molecule has 4 heterocycles. The number of aromatic nitrogens is 3. The van der Waals surface area contributed by atoms with E-state index < -0.39 is 0 Å². The van der Waals surface area contributed by atoms with E-state index in [2.05, 4.69) is 38.4 Å². The van der Waals surface area contributed by atoms with Crippen molar-refractivity contribution in [3.63, 3.8) is 0 Å². The predicted octanol–water partition coefficient (Wildman–Crippen LogP) is 4.01. The number of ether oxygens (including phenoxy) is 2. The maximum absolute atomic E-state index is 6.59. The Morgan fingerprint density at radius 3 is 2.73 bits per heavy atom. The lowest BCUT2D eigenvalue weighted by molar-refractivity contribution is 0.122. The highest BCUT2D eigenvalue weighted by Crippen LogP contribution is 2.35. The first-order valence-electron chi connectivity index (χ1n) is 12.3. The second-order valence-electron chi connectivity index (χ2n) is 9.39. The van der Waals surface area contributed by atoms with Crippen LogP contribution in [0.1, 0.15) is 36.9 Å². The number of nitrogens with zero attached hydrogens (tertiary/aromatic N) is 4. The Morgan fingerprint density at radius 1 is 1.00 bits per heavy atom. The summed E-state index contributed by atoms with van der Waals surface area (Å²) < 4.78 is 12.1. The van der Waals surface area contributed by atoms with Gasteiger partial charge in [-0.2, -0.15) is 0 Å². The molecule has 2 aliphatic heterocycles. The third kappa shape index (κ3) is 4.34. The third-order valence-corrected chi connectivity index (χ3v) is 7.30. The molecular weight excluding hydrogens is 414 g/mol. The monoisotopic (exact) mass is 445 g/mol. The Hall–Kier alpha value is -2.93. The lowest BCUT2D eigenvalue weighted by Gasteiger charge is -2.31. The van der Waals surface area contributed by atoms with E-state index in [1.807, 2.05) is 6.20 Å². The average molecular weight is 446 g/mol. The molecule has 3 aromatic rings. The highest BCUT2D eigenvalue weighted by molar-refractivity contribution is 5.85. The van der Waals surface area contributed by atoms with Crippen molar-refractivity contribution in [1.82, 2.24) is 15.0 Å². The quantitative estimate of drug-likeness (QED) is 0.636. The summed E-state index contributed by atoms with van der Waals surface area (Å²) in [6, 6.07) is 6.38. The number of hydrogen-bond acceptors (Lipinski definition) is 7. The first kappa shape index (κ1) is 20.7. The first-order valence-corrected chi connectivity index (χ1v) is 12.3. The summed E-state index contributed by atoms with van der Waals surface area (Å²) in [6.07, 6.45) is 12.4. The van der Waals surface area contributed by atoms with Crippen molar-refractivity contribution in [2.75, 3.05) is 43.1 Å². The molecule has 1 aliphatic carbocycles. The Bertz CT molecular complexity index is 1120. The Labute approximate surface area is 194 Å². The van der Waals surface area contributed by atoms with Gasteiger partial charge in [-0.05, 0) is 62.1 Å². The van der Waals surface area contributed by atoms with Gasteiger partial charge in [0, 0.05) is 61.4 Å². The first-order chi connectivity index (χ1) is 16.3. The van der Waals surface area contributed by atoms with E-state index in [9.17, 15) is 0 Å². The zero-order valence-electron chi connectivity index (χ0n) is 19.0. The molecule has 0 amide bonds. The molecule has 2 aromatic heterocycles. The molecule has 172 valence electrons. The number of anilines is 2. The van der Waals surface area contributed by atoms with Crippen LogP contribution in [0.3, 0.4) is 0 Å². The maximum Gasteiger partial charge on any atom is 0.149 e. The summed E-state index contributed by atoms with van der Waals surface area (Å²) in [4.78, 5) is 16.2. The summed E-state index contributed by atoms with van der Waals surface area (Å²) in [7, 11) is 0. The zero-order chi connectivity index (χ0) is 22.0. The minimum atomic E-state index is 0.225. The number of fused-ring (bicyclic) bond motifs is 2. The van der Waals surface area contributed by atoms with Gasteiger partial charge in [0.2, 0.25) is 0 Å². The Balaban J connectivity index is 1.15. The Kier molecular flexibility index (Phi) is 5.72.